The number of amides is 3. The number of aliphatic hydroxyl groups excluding tert-OH is 1. The Labute approximate surface area is 210 Å². The quantitative estimate of drug-likeness (QED) is 0.649. The van der Waals surface area contributed by atoms with Crippen molar-refractivity contribution in [2.24, 2.45) is 11.8 Å². The number of hydrogen-bond donors (Lipinski definition) is 1. The number of hydrogen-bond acceptors (Lipinski definition) is 5. The van der Waals surface area contributed by atoms with Crippen molar-refractivity contribution in [2.45, 2.75) is 42.7 Å². The highest BCUT2D eigenvalue weighted by atomic mass is 32.2. The van der Waals surface area contributed by atoms with Crippen molar-refractivity contribution in [3.63, 3.8) is 0 Å². The first-order valence-corrected chi connectivity index (χ1v) is 13.1. The van der Waals surface area contributed by atoms with E-state index >= 15 is 0 Å². The minimum absolute atomic E-state index is 0.0561. The van der Waals surface area contributed by atoms with Crippen LogP contribution < -0.4 is 4.90 Å². The van der Waals surface area contributed by atoms with Crippen molar-refractivity contribution >= 4 is 35.2 Å². The molecule has 5 rings (SSSR count). The number of carbonyl (C=O) groups is 3. The van der Waals surface area contributed by atoms with Gasteiger partial charge in [0.25, 0.3) is 5.91 Å². The highest BCUT2D eigenvalue weighted by Gasteiger charge is 2.73. The summed E-state index contributed by atoms with van der Waals surface area (Å²) in [6.45, 7) is 7.13. The molecule has 2 fully saturated rings. The van der Waals surface area contributed by atoms with Crippen LogP contribution in [0, 0.1) is 25.7 Å². The summed E-state index contributed by atoms with van der Waals surface area (Å²) in [4.78, 5) is 47.1. The van der Waals surface area contributed by atoms with Gasteiger partial charge in [0, 0.05) is 43.7 Å². The zero-order valence-electron chi connectivity index (χ0n) is 20.7. The molecular weight excluding hydrogens is 462 g/mol. The molecule has 2 saturated heterocycles. The molecule has 5 atom stereocenters. The van der Waals surface area contributed by atoms with Crippen LogP contribution in [0.2, 0.25) is 0 Å². The smallest absolute Gasteiger partial charge is 0.251 e. The SMILES string of the molecule is Cc1ccc(C)c(N2CC=C[C@]34S[C@]5(C)C=CCN(C)C(=O)[C@@H]5[C@H]3C(=O)N(CCCO)C4C2=O)c1. The Bertz CT molecular complexity index is 1150. The molecule has 0 bridgehead atoms. The molecule has 4 aliphatic heterocycles. The summed E-state index contributed by atoms with van der Waals surface area (Å²) in [5.41, 5.74) is 2.89. The maximum Gasteiger partial charge on any atom is 0.251 e. The second kappa shape index (κ2) is 8.52. The highest BCUT2D eigenvalue weighted by molar-refractivity contribution is 8.02. The number of anilines is 1. The summed E-state index contributed by atoms with van der Waals surface area (Å²) >= 11 is 1.59. The Hall–Kier alpha value is -2.58. The third-order valence-electron chi connectivity index (χ3n) is 7.97. The molecule has 1 unspecified atom stereocenters. The second-order valence-corrected chi connectivity index (χ2v) is 12.2. The maximum absolute atomic E-state index is 14.4. The number of likely N-dealkylation sites (N-methyl/N-ethyl adjacent to an activating group) is 1. The number of fused-ring (bicyclic) bond motifs is 2. The van der Waals surface area contributed by atoms with Crippen LogP contribution in [0.4, 0.5) is 5.69 Å². The average Bonchev–Trinajstić information content (AvgIpc) is 3.09. The third-order valence-corrected chi connectivity index (χ3v) is 9.77. The molecule has 0 saturated carbocycles. The van der Waals surface area contributed by atoms with Gasteiger partial charge in [0.05, 0.1) is 16.6 Å². The lowest BCUT2D eigenvalue weighted by molar-refractivity contribution is -0.143. The van der Waals surface area contributed by atoms with E-state index in [4.69, 9.17) is 0 Å². The van der Waals surface area contributed by atoms with Crippen LogP contribution in [-0.4, -0.2) is 81.5 Å². The standard InChI is InChI=1S/C27H33N3O4S/c1-17-8-9-18(2)19(16-17)29-13-6-11-27-21(24(33)30(14-7-15-31)22(27)25(29)34)20-23(32)28(4)12-5-10-26(20,3)35-27/h5-6,8-11,16,20-22,31H,7,12-15H2,1-4H3/t20-,21-,22?,26+,27-/m0/s1. The van der Waals surface area contributed by atoms with E-state index in [1.807, 2.05) is 57.2 Å². The summed E-state index contributed by atoms with van der Waals surface area (Å²) in [7, 11) is 1.77. The van der Waals surface area contributed by atoms with Crippen molar-refractivity contribution in [1.82, 2.24) is 9.80 Å². The Kier molecular flexibility index (Phi) is 5.87. The number of carbonyl (C=O) groups excluding carboxylic acids is 3. The number of nitrogens with zero attached hydrogens (tertiary/aromatic N) is 3. The molecule has 1 aromatic rings. The molecule has 0 aromatic heterocycles. The van der Waals surface area contributed by atoms with Gasteiger partial charge in [0.2, 0.25) is 11.8 Å². The van der Waals surface area contributed by atoms with Crippen LogP contribution >= 0.6 is 11.8 Å². The molecule has 35 heavy (non-hydrogen) atoms. The fraction of sp³-hybridized carbons (Fsp3) is 0.519. The van der Waals surface area contributed by atoms with Gasteiger partial charge in [0.1, 0.15) is 6.04 Å². The van der Waals surface area contributed by atoms with Crippen LogP contribution in [0.5, 0.6) is 0 Å². The average molecular weight is 496 g/mol. The predicted molar refractivity (Wildman–Crippen MR) is 137 cm³/mol. The van der Waals surface area contributed by atoms with E-state index < -0.39 is 27.4 Å². The fourth-order valence-electron chi connectivity index (χ4n) is 6.35. The van der Waals surface area contributed by atoms with E-state index in [0.717, 1.165) is 16.8 Å². The largest absolute Gasteiger partial charge is 0.396 e. The van der Waals surface area contributed by atoms with E-state index in [2.05, 4.69) is 6.08 Å². The lowest BCUT2D eigenvalue weighted by Gasteiger charge is -2.37. The number of likely N-dealkylation sites (tertiary alicyclic amines) is 1. The summed E-state index contributed by atoms with van der Waals surface area (Å²) in [5.74, 6) is -1.55. The van der Waals surface area contributed by atoms with Crippen LogP contribution in [0.1, 0.15) is 24.5 Å². The minimum atomic E-state index is -0.853. The topological polar surface area (TPSA) is 81.2 Å². The summed E-state index contributed by atoms with van der Waals surface area (Å²) in [5, 5.41) is 9.55. The van der Waals surface area contributed by atoms with Gasteiger partial charge in [-0.3, -0.25) is 14.4 Å². The summed E-state index contributed by atoms with van der Waals surface area (Å²) in [6, 6.07) is 5.30. The third kappa shape index (κ3) is 3.48. The van der Waals surface area contributed by atoms with Crippen LogP contribution in [0.3, 0.4) is 0 Å². The Morgan fingerprint density at radius 3 is 2.51 bits per heavy atom. The van der Waals surface area contributed by atoms with Crippen molar-refractivity contribution in [1.29, 1.82) is 0 Å². The van der Waals surface area contributed by atoms with Gasteiger partial charge >= 0.3 is 0 Å². The predicted octanol–water partition coefficient (Wildman–Crippen LogP) is 2.30. The first-order valence-electron chi connectivity index (χ1n) is 12.2. The van der Waals surface area contributed by atoms with Crippen LogP contribution in [-0.2, 0) is 14.4 Å². The lowest BCUT2D eigenvalue weighted by atomic mass is 9.74. The Morgan fingerprint density at radius 2 is 1.77 bits per heavy atom. The number of rotatable bonds is 4. The van der Waals surface area contributed by atoms with Gasteiger partial charge in [-0.25, -0.2) is 0 Å². The molecule has 7 nitrogen and oxygen atoms in total. The summed E-state index contributed by atoms with van der Waals surface area (Å²) in [6.07, 6.45) is 8.47. The number of benzene rings is 1. The van der Waals surface area contributed by atoms with Crippen LogP contribution in [0.15, 0.2) is 42.5 Å². The van der Waals surface area contributed by atoms with Crippen molar-refractivity contribution < 1.29 is 19.5 Å². The number of aliphatic hydroxyl groups is 1. The molecule has 4 heterocycles. The molecule has 1 spiro atoms. The molecule has 0 aliphatic carbocycles. The van der Waals surface area contributed by atoms with Gasteiger partial charge in [-0.05, 0) is 44.4 Å². The normalized spacial score (nSPS) is 34.1. The molecule has 3 amide bonds. The van der Waals surface area contributed by atoms with Gasteiger partial charge < -0.3 is 19.8 Å². The zero-order chi connectivity index (χ0) is 25.1. The van der Waals surface area contributed by atoms with E-state index in [9.17, 15) is 19.5 Å². The molecule has 0 radical (unpaired) electrons. The molecule has 186 valence electrons. The molecular formula is C27H33N3O4S. The van der Waals surface area contributed by atoms with Gasteiger partial charge in [-0.1, -0.05) is 36.4 Å². The van der Waals surface area contributed by atoms with E-state index in [0.29, 0.717) is 19.5 Å². The van der Waals surface area contributed by atoms with E-state index in [1.165, 1.54) is 0 Å². The minimum Gasteiger partial charge on any atom is -0.396 e. The first-order chi connectivity index (χ1) is 16.6. The number of thioether (sulfide) groups is 1. The Morgan fingerprint density at radius 1 is 1.03 bits per heavy atom. The monoisotopic (exact) mass is 495 g/mol. The molecule has 4 aliphatic rings. The van der Waals surface area contributed by atoms with E-state index in [1.54, 1.807) is 33.5 Å². The van der Waals surface area contributed by atoms with Gasteiger partial charge in [-0.2, -0.15) is 0 Å². The lowest BCUT2D eigenvalue weighted by Crippen LogP contribution is -2.53. The molecule has 1 aromatic carbocycles. The maximum atomic E-state index is 14.4. The van der Waals surface area contributed by atoms with Crippen molar-refractivity contribution in [3.05, 3.63) is 53.6 Å². The number of aryl methyl sites for hydroxylation is 2. The zero-order valence-corrected chi connectivity index (χ0v) is 21.5. The highest BCUT2D eigenvalue weighted by Crippen LogP contribution is 2.65. The second-order valence-electron chi connectivity index (χ2n) is 10.4. The van der Waals surface area contributed by atoms with E-state index in [-0.39, 0.29) is 30.9 Å². The Balaban J connectivity index is 1.66. The van der Waals surface area contributed by atoms with Crippen LogP contribution in [0.25, 0.3) is 0 Å². The van der Waals surface area contributed by atoms with Crippen molar-refractivity contribution in [3.8, 4) is 0 Å². The van der Waals surface area contributed by atoms with Gasteiger partial charge in [0.15, 0.2) is 0 Å². The summed E-state index contributed by atoms with van der Waals surface area (Å²) < 4.78 is -1.45. The first kappa shape index (κ1) is 24.1. The fourth-order valence-corrected chi connectivity index (χ4v) is 8.51. The molecule has 8 heteroatoms. The molecule has 1 N–H and O–H groups in total. The van der Waals surface area contributed by atoms with Crippen molar-refractivity contribution in [2.75, 3.05) is 38.2 Å². The van der Waals surface area contributed by atoms with Gasteiger partial charge in [-0.15, -0.1) is 11.8 Å².